The van der Waals surface area contributed by atoms with Gasteiger partial charge in [-0.25, -0.2) is 0 Å². The maximum Gasteiger partial charge on any atom is 0.0844 e. The van der Waals surface area contributed by atoms with Crippen LogP contribution in [-0.2, 0) is 4.74 Å². The van der Waals surface area contributed by atoms with Crippen LogP contribution in [-0.4, -0.2) is 23.4 Å². The normalized spacial score (nSPS) is 47.3. The van der Waals surface area contributed by atoms with E-state index in [9.17, 15) is 5.11 Å². The summed E-state index contributed by atoms with van der Waals surface area (Å²) in [6, 6.07) is 0. The van der Waals surface area contributed by atoms with Crippen LogP contribution < -0.4 is 0 Å². The second kappa shape index (κ2) is 4.89. The Kier molecular flexibility index (Phi) is 3.45. The second-order valence-corrected chi connectivity index (χ2v) is 6.43. The lowest BCUT2D eigenvalue weighted by molar-refractivity contribution is 0.0688. The molecule has 2 saturated carbocycles. The molecule has 0 spiro atoms. The lowest BCUT2D eigenvalue weighted by Gasteiger charge is -2.37. The summed E-state index contributed by atoms with van der Waals surface area (Å²) < 4.78 is 5.67. The molecule has 3 rings (SSSR count). The Morgan fingerprint density at radius 3 is 2.35 bits per heavy atom. The number of ether oxygens (including phenoxy) is 1. The van der Waals surface area contributed by atoms with E-state index in [1.807, 2.05) is 0 Å². The van der Waals surface area contributed by atoms with Gasteiger partial charge in [-0.05, 0) is 62.7 Å². The van der Waals surface area contributed by atoms with Gasteiger partial charge in [0.05, 0.1) is 18.3 Å². The Hall–Kier alpha value is -0.0800. The Labute approximate surface area is 105 Å². The number of aliphatic hydroxyl groups is 1. The Morgan fingerprint density at radius 1 is 1.00 bits per heavy atom. The number of hydrogen-bond donors (Lipinski definition) is 1. The lowest BCUT2D eigenvalue weighted by Crippen LogP contribution is -2.31. The van der Waals surface area contributed by atoms with Gasteiger partial charge in [0.15, 0.2) is 0 Å². The molecule has 17 heavy (non-hydrogen) atoms. The van der Waals surface area contributed by atoms with E-state index < -0.39 is 0 Å². The number of rotatable bonds is 3. The molecule has 0 aromatic carbocycles. The van der Waals surface area contributed by atoms with Crippen LogP contribution in [0.25, 0.3) is 0 Å². The molecule has 2 aliphatic carbocycles. The van der Waals surface area contributed by atoms with Crippen LogP contribution in [0.2, 0.25) is 0 Å². The largest absolute Gasteiger partial charge is 0.393 e. The van der Waals surface area contributed by atoms with Crippen LogP contribution in [0.15, 0.2) is 0 Å². The monoisotopic (exact) mass is 238 g/mol. The van der Waals surface area contributed by atoms with Crippen LogP contribution in [0.4, 0.5) is 0 Å². The van der Waals surface area contributed by atoms with E-state index in [0.717, 1.165) is 30.6 Å². The molecule has 98 valence electrons. The quantitative estimate of drug-likeness (QED) is 0.766. The lowest BCUT2D eigenvalue weighted by atomic mass is 9.68. The Balaban J connectivity index is 1.58. The first-order valence-corrected chi connectivity index (χ1v) is 7.61. The van der Waals surface area contributed by atoms with E-state index >= 15 is 0 Å². The molecule has 3 aliphatic rings. The van der Waals surface area contributed by atoms with Crippen LogP contribution in [0, 0.1) is 17.8 Å². The van der Waals surface area contributed by atoms with Gasteiger partial charge < -0.3 is 9.84 Å². The van der Waals surface area contributed by atoms with Crippen molar-refractivity contribution in [1.82, 2.24) is 0 Å². The molecule has 1 N–H and O–H groups in total. The van der Waals surface area contributed by atoms with Crippen LogP contribution in [0.3, 0.4) is 0 Å². The molecular weight excluding hydrogens is 212 g/mol. The molecule has 4 atom stereocenters. The van der Waals surface area contributed by atoms with Crippen molar-refractivity contribution in [1.29, 1.82) is 0 Å². The molecule has 1 saturated heterocycles. The summed E-state index contributed by atoms with van der Waals surface area (Å²) in [7, 11) is 0. The minimum Gasteiger partial charge on any atom is -0.393 e. The molecule has 3 fully saturated rings. The summed E-state index contributed by atoms with van der Waals surface area (Å²) in [6.45, 7) is 2.36. The smallest absolute Gasteiger partial charge is 0.0844 e. The summed E-state index contributed by atoms with van der Waals surface area (Å²) in [5.74, 6) is 2.68. The molecule has 0 bridgehead atoms. The standard InChI is InChI=1S/C15H26O2/c1-2-13(10-3-6-12(16)7-4-10)11-5-8-14-15(9-11)17-14/h10-16H,2-9H2,1H3. The van der Waals surface area contributed by atoms with Gasteiger partial charge in [0.1, 0.15) is 0 Å². The summed E-state index contributed by atoms with van der Waals surface area (Å²) in [5, 5.41) is 9.62. The van der Waals surface area contributed by atoms with E-state index in [1.54, 1.807) is 0 Å². The van der Waals surface area contributed by atoms with Gasteiger partial charge in [0, 0.05) is 0 Å². The molecule has 0 amide bonds. The molecule has 0 radical (unpaired) electrons. The Bertz CT molecular complexity index is 258. The van der Waals surface area contributed by atoms with E-state index in [0.29, 0.717) is 12.2 Å². The summed E-state index contributed by atoms with van der Waals surface area (Å²) in [5.41, 5.74) is 0. The molecule has 2 nitrogen and oxygen atoms in total. The molecular formula is C15H26O2. The van der Waals surface area contributed by atoms with E-state index in [4.69, 9.17) is 4.74 Å². The number of epoxide rings is 1. The molecule has 0 aromatic rings. The predicted molar refractivity (Wildman–Crippen MR) is 67.7 cm³/mol. The van der Waals surface area contributed by atoms with Crippen molar-refractivity contribution in [2.45, 2.75) is 76.6 Å². The van der Waals surface area contributed by atoms with Gasteiger partial charge in [0.2, 0.25) is 0 Å². The van der Waals surface area contributed by atoms with E-state index in [-0.39, 0.29) is 6.10 Å². The highest BCUT2D eigenvalue weighted by Crippen LogP contribution is 2.46. The highest BCUT2D eigenvalue weighted by Gasteiger charge is 2.46. The second-order valence-electron chi connectivity index (χ2n) is 6.43. The first-order chi connectivity index (χ1) is 8.28. The number of hydrogen-bond acceptors (Lipinski definition) is 2. The predicted octanol–water partition coefficient (Wildman–Crippen LogP) is 3.13. The highest BCUT2D eigenvalue weighted by atomic mass is 16.6. The third-order valence-corrected chi connectivity index (χ3v) is 5.47. The minimum absolute atomic E-state index is 0.00809. The Morgan fingerprint density at radius 2 is 1.71 bits per heavy atom. The van der Waals surface area contributed by atoms with Gasteiger partial charge in [0.25, 0.3) is 0 Å². The number of fused-ring (bicyclic) bond motifs is 1. The van der Waals surface area contributed by atoms with Crippen LogP contribution in [0.1, 0.15) is 58.3 Å². The molecule has 4 unspecified atom stereocenters. The van der Waals surface area contributed by atoms with E-state index in [1.165, 1.54) is 38.5 Å². The zero-order chi connectivity index (χ0) is 11.8. The zero-order valence-electron chi connectivity index (χ0n) is 11.0. The van der Waals surface area contributed by atoms with Gasteiger partial charge in [-0.2, -0.15) is 0 Å². The summed E-state index contributed by atoms with van der Waals surface area (Å²) in [4.78, 5) is 0. The maximum absolute atomic E-state index is 9.62. The van der Waals surface area contributed by atoms with Crippen molar-refractivity contribution < 1.29 is 9.84 Å². The topological polar surface area (TPSA) is 32.8 Å². The number of aliphatic hydroxyl groups excluding tert-OH is 1. The molecule has 0 aromatic heterocycles. The van der Waals surface area contributed by atoms with Crippen molar-refractivity contribution in [2.75, 3.05) is 0 Å². The molecule has 2 heteroatoms. The highest BCUT2D eigenvalue weighted by molar-refractivity contribution is 4.95. The molecule has 1 heterocycles. The van der Waals surface area contributed by atoms with Crippen LogP contribution >= 0.6 is 0 Å². The van der Waals surface area contributed by atoms with Gasteiger partial charge in [-0.15, -0.1) is 0 Å². The van der Waals surface area contributed by atoms with Crippen molar-refractivity contribution in [2.24, 2.45) is 17.8 Å². The first-order valence-electron chi connectivity index (χ1n) is 7.61. The average Bonchev–Trinajstić information content (AvgIpc) is 3.11. The van der Waals surface area contributed by atoms with Gasteiger partial charge in [-0.3, -0.25) is 0 Å². The molecule has 1 aliphatic heterocycles. The summed E-state index contributed by atoms with van der Waals surface area (Å²) >= 11 is 0. The third kappa shape index (κ3) is 2.53. The first kappa shape index (κ1) is 12.0. The van der Waals surface area contributed by atoms with E-state index in [2.05, 4.69) is 6.92 Å². The fourth-order valence-corrected chi connectivity index (χ4v) is 4.41. The SMILES string of the molecule is CCC(C1CCC(O)CC1)C1CCC2OC2C1. The minimum atomic E-state index is -0.00809. The van der Waals surface area contributed by atoms with Crippen molar-refractivity contribution in [3.05, 3.63) is 0 Å². The van der Waals surface area contributed by atoms with Gasteiger partial charge >= 0.3 is 0 Å². The summed E-state index contributed by atoms with van der Waals surface area (Å²) in [6.07, 6.45) is 11.2. The average molecular weight is 238 g/mol. The maximum atomic E-state index is 9.62. The zero-order valence-corrected chi connectivity index (χ0v) is 11.0. The fourth-order valence-electron chi connectivity index (χ4n) is 4.41. The van der Waals surface area contributed by atoms with Crippen molar-refractivity contribution >= 4 is 0 Å². The van der Waals surface area contributed by atoms with Crippen molar-refractivity contribution in [3.63, 3.8) is 0 Å². The van der Waals surface area contributed by atoms with Crippen LogP contribution in [0.5, 0.6) is 0 Å². The van der Waals surface area contributed by atoms with Gasteiger partial charge in [-0.1, -0.05) is 13.3 Å². The fraction of sp³-hybridized carbons (Fsp3) is 1.00. The third-order valence-electron chi connectivity index (χ3n) is 5.47. The van der Waals surface area contributed by atoms with Crippen molar-refractivity contribution in [3.8, 4) is 0 Å².